The van der Waals surface area contributed by atoms with Gasteiger partial charge in [0.25, 0.3) is 0 Å². The number of hydrogen-bond donors (Lipinski definition) is 2. The molecule has 0 saturated heterocycles. The van der Waals surface area contributed by atoms with E-state index in [0.717, 1.165) is 15.4 Å². The van der Waals surface area contributed by atoms with Gasteiger partial charge >= 0.3 is 0 Å². The maximum Gasteiger partial charge on any atom is 0.230 e. The molecule has 0 aliphatic rings. The van der Waals surface area contributed by atoms with E-state index < -0.39 is 5.82 Å². The van der Waals surface area contributed by atoms with Gasteiger partial charge in [0, 0.05) is 17.2 Å². The van der Waals surface area contributed by atoms with Crippen LogP contribution in [0.2, 0.25) is 0 Å². The van der Waals surface area contributed by atoms with Gasteiger partial charge in [-0.3, -0.25) is 9.59 Å². The first-order valence-electron chi connectivity index (χ1n) is 7.83. The van der Waals surface area contributed by atoms with Crippen molar-refractivity contribution in [3.8, 4) is 10.6 Å². The van der Waals surface area contributed by atoms with Crippen LogP contribution in [0.5, 0.6) is 0 Å². The van der Waals surface area contributed by atoms with Crippen molar-refractivity contribution in [3.05, 3.63) is 58.0 Å². The summed E-state index contributed by atoms with van der Waals surface area (Å²) in [7, 11) is 0. The summed E-state index contributed by atoms with van der Waals surface area (Å²) in [6.07, 6.45) is -0.0402. The molecule has 0 atom stereocenters. The quantitative estimate of drug-likeness (QED) is 0.673. The van der Waals surface area contributed by atoms with E-state index in [4.69, 9.17) is 0 Å². The van der Waals surface area contributed by atoms with E-state index in [9.17, 15) is 14.0 Å². The van der Waals surface area contributed by atoms with Gasteiger partial charge in [0.05, 0.1) is 23.5 Å². The van der Waals surface area contributed by atoms with Gasteiger partial charge in [-0.2, -0.15) is 0 Å². The lowest BCUT2D eigenvalue weighted by Crippen LogP contribution is -2.17. The van der Waals surface area contributed by atoms with Crippen molar-refractivity contribution in [1.82, 2.24) is 10.3 Å². The van der Waals surface area contributed by atoms with Gasteiger partial charge in [-0.25, -0.2) is 9.37 Å². The Kier molecular flexibility index (Phi) is 5.75. The summed E-state index contributed by atoms with van der Waals surface area (Å²) >= 11 is 2.85. The number of thiophene rings is 1. The molecule has 5 nitrogen and oxygen atoms in total. The molecule has 0 saturated carbocycles. The summed E-state index contributed by atoms with van der Waals surface area (Å²) in [6.45, 7) is 1.96. The van der Waals surface area contributed by atoms with Crippen molar-refractivity contribution in [2.75, 3.05) is 5.32 Å². The Morgan fingerprint density at radius 3 is 2.77 bits per heavy atom. The molecule has 0 aliphatic heterocycles. The highest BCUT2D eigenvalue weighted by molar-refractivity contribution is 7.17. The third kappa shape index (κ3) is 4.74. The summed E-state index contributed by atoms with van der Waals surface area (Å²) in [4.78, 5) is 29.4. The van der Waals surface area contributed by atoms with Crippen LogP contribution in [0, 0.1) is 5.82 Å². The number of amides is 2. The lowest BCUT2D eigenvalue weighted by atomic mass is 10.1. The third-order valence-electron chi connectivity index (χ3n) is 3.49. The molecular weight excluding hydrogens is 373 g/mol. The normalized spacial score (nSPS) is 10.5. The fraction of sp³-hybridized carbons (Fsp3) is 0.167. The minimum atomic E-state index is -0.396. The predicted octanol–water partition coefficient (Wildman–Crippen LogP) is 3.83. The minimum absolute atomic E-state index is 0.0402. The number of anilines is 1. The molecule has 26 heavy (non-hydrogen) atoms. The van der Waals surface area contributed by atoms with Crippen LogP contribution in [0.25, 0.3) is 10.6 Å². The molecular formula is C18H16FN3O2S2. The third-order valence-corrected chi connectivity index (χ3v) is 5.35. The topological polar surface area (TPSA) is 71.1 Å². The van der Waals surface area contributed by atoms with Crippen molar-refractivity contribution in [2.45, 2.75) is 19.9 Å². The number of nitrogens with one attached hydrogen (secondary N) is 2. The maximum absolute atomic E-state index is 13.6. The Morgan fingerprint density at radius 2 is 2.00 bits per heavy atom. The molecule has 0 unspecified atom stereocenters. The Hall–Kier alpha value is -2.58. The standard InChI is InChI=1S/C18H16FN3O2S2/c1-11(23)20-9-13-6-7-16(26-13)15-10-25-18(21-15)22-17(24)8-12-4-2-3-5-14(12)19/h2-7,10H,8-9H2,1H3,(H,20,23)(H,21,22,24). The average molecular weight is 389 g/mol. The van der Waals surface area contributed by atoms with Crippen molar-refractivity contribution >= 4 is 39.6 Å². The van der Waals surface area contributed by atoms with Crippen molar-refractivity contribution in [2.24, 2.45) is 0 Å². The summed E-state index contributed by atoms with van der Waals surface area (Å²) in [6, 6.07) is 10.1. The van der Waals surface area contributed by atoms with Crippen LogP contribution in [0.4, 0.5) is 9.52 Å². The van der Waals surface area contributed by atoms with Gasteiger partial charge in [0.15, 0.2) is 5.13 Å². The van der Waals surface area contributed by atoms with Gasteiger partial charge in [-0.15, -0.1) is 22.7 Å². The van der Waals surface area contributed by atoms with Crippen molar-refractivity contribution in [3.63, 3.8) is 0 Å². The molecule has 3 rings (SSSR count). The lowest BCUT2D eigenvalue weighted by Gasteiger charge is -2.03. The van der Waals surface area contributed by atoms with Gasteiger partial charge in [0.2, 0.25) is 11.8 Å². The number of benzene rings is 1. The van der Waals surface area contributed by atoms with E-state index in [0.29, 0.717) is 17.2 Å². The van der Waals surface area contributed by atoms with Gasteiger partial charge in [0.1, 0.15) is 5.82 Å². The van der Waals surface area contributed by atoms with Crippen molar-refractivity contribution < 1.29 is 14.0 Å². The highest BCUT2D eigenvalue weighted by atomic mass is 32.1. The molecule has 0 spiro atoms. The first kappa shape index (κ1) is 18.2. The summed E-state index contributed by atoms with van der Waals surface area (Å²) in [5.74, 6) is -0.783. The fourth-order valence-corrected chi connectivity index (χ4v) is 3.95. The molecule has 3 aromatic rings. The number of carbonyl (C=O) groups excluding carboxylic acids is 2. The maximum atomic E-state index is 13.6. The number of carbonyl (C=O) groups is 2. The number of rotatable bonds is 6. The number of thiazole rings is 1. The van der Waals surface area contributed by atoms with Crippen LogP contribution < -0.4 is 10.6 Å². The van der Waals surface area contributed by atoms with E-state index in [1.54, 1.807) is 18.2 Å². The zero-order valence-electron chi connectivity index (χ0n) is 13.9. The molecule has 8 heteroatoms. The van der Waals surface area contributed by atoms with Gasteiger partial charge in [-0.05, 0) is 23.8 Å². The molecule has 0 fully saturated rings. The molecule has 0 aliphatic carbocycles. The molecule has 2 amide bonds. The Morgan fingerprint density at radius 1 is 1.19 bits per heavy atom. The first-order chi connectivity index (χ1) is 12.5. The average Bonchev–Trinajstić information content (AvgIpc) is 3.24. The molecule has 134 valence electrons. The summed E-state index contributed by atoms with van der Waals surface area (Å²) in [5, 5.41) is 7.78. The summed E-state index contributed by atoms with van der Waals surface area (Å²) in [5.41, 5.74) is 1.11. The predicted molar refractivity (Wildman–Crippen MR) is 102 cm³/mol. The number of nitrogens with zero attached hydrogens (tertiary/aromatic N) is 1. The van der Waals surface area contributed by atoms with E-state index in [1.165, 1.54) is 35.7 Å². The van der Waals surface area contributed by atoms with E-state index >= 15 is 0 Å². The Labute approximate surface area is 157 Å². The van der Waals surface area contributed by atoms with Crippen LogP contribution in [0.1, 0.15) is 17.4 Å². The molecule has 1 aromatic carbocycles. The Balaban J connectivity index is 1.62. The molecule has 0 radical (unpaired) electrons. The molecule has 2 N–H and O–H groups in total. The zero-order valence-corrected chi connectivity index (χ0v) is 15.5. The molecule has 0 bridgehead atoms. The first-order valence-corrected chi connectivity index (χ1v) is 9.53. The second-order valence-corrected chi connectivity index (χ2v) is 7.56. The number of hydrogen-bond acceptors (Lipinski definition) is 5. The van der Waals surface area contributed by atoms with E-state index in [1.807, 2.05) is 17.5 Å². The van der Waals surface area contributed by atoms with Crippen molar-refractivity contribution in [1.29, 1.82) is 0 Å². The second-order valence-electron chi connectivity index (χ2n) is 5.53. The lowest BCUT2D eigenvalue weighted by molar-refractivity contribution is -0.119. The zero-order chi connectivity index (χ0) is 18.5. The largest absolute Gasteiger partial charge is 0.351 e. The van der Waals surface area contributed by atoms with Crippen LogP contribution in [0.15, 0.2) is 41.8 Å². The smallest absolute Gasteiger partial charge is 0.230 e. The monoisotopic (exact) mass is 389 g/mol. The minimum Gasteiger partial charge on any atom is -0.351 e. The van der Waals surface area contributed by atoms with Crippen LogP contribution in [0.3, 0.4) is 0 Å². The fourth-order valence-electron chi connectivity index (χ4n) is 2.24. The molecule has 2 heterocycles. The van der Waals surface area contributed by atoms with Crippen LogP contribution in [-0.4, -0.2) is 16.8 Å². The highest BCUT2D eigenvalue weighted by Crippen LogP contribution is 2.30. The summed E-state index contributed by atoms with van der Waals surface area (Å²) < 4.78 is 13.6. The number of halogens is 1. The SMILES string of the molecule is CC(=O)NCc1ccc(-c2csc(NC(=O)Cc3ccccc3F)n2)s1. The second kappa shape index (κ2) is 8.20. The van der Waals surface area contributed by atoms with Gasteiger partial charge < -0.3 is 10.6 Å². The number of aromatic nitrogens is 1. The van der Waals surface area contributed by atoms with Crippen LogP contribution in [-0.2, 0) is 22.6 Å². The Bertz CT molecular complexity index is 936. The van der Waals surface area contributed by atoms with Crippen LogP contribution >= 0.6 is 22.7 Å². The van der Waals surface area contributed by atoms with Gasteiger partial charge in [-0.1, -0.05) is 18.2 Å². The van der Waals surface area contributed by atoms with E-state index in [-0.39, 0.29) is 18.2 Å². The van der Waals surface area contributed by atoms with E-state index in [2.05, 4.69) is 15.6 Å². The molecule has 2 aromatic heterocycles. The highest BCUT2D eigenvalue weighted by Gasteiger charge is 2.12.